The van der Waals surface area contributed by atoms with E-state index in [9.17, 15) is 9.00 Å². The molecule has 0 aromatic heterocycles. The van der Waals surface area contributed by atoms with Crippen molar-refractivity contribution in [3.63, 3.8) is 0 Å². The van der Waals surface area contributed by atoms with E-state index in [0.29, 0.717) is 6.42 Å². The van der Waals surface area contributed by atoms with Crippen LogP contribution < -0.4 is 0 Å². The Kier molecular flexibility index (Phi) is 4.02. The van der Waals surface area contributed by atoms with Gasteiger partial charge in [0.15, 0.2) is 0 Å². The third-order valence-corrected chi connectivity index (χ3v) is 6.36. The highest BCUT2D eigenvalue weighted by molar-refractivity contribution is 7.85. The maximum atomic E-state index is 13.0. The van der Waals surface area contributed by atoms with Crippen LogP contribution in [-0.4, -0.2) is 9.99 Å². The molecular weight excluding hydrogens is 280 g/mol. The summed E-state index contributed by atoms with van der Waals surface area (Å²) in [7, 11) is -1.09. The van der Waals surface area contributed by atoms with E-state index in [2.05, 4.69) is 0 Å². The van der Waals surface area contributed by atoms with Crippen LogP contribution in [0.25, 0.3) is 0 Å². The zero-order chi connectivity index (χ0) is 14.8. The Labute approximate surface area is 127 Å². The van der Waals surface area contributed by atoms with Crippen LogP contribution in [0.4, 0.5) is 0 Å². The van der Waals surface area contributed by atoms with Gasteiger partial charge in [0.1, 0.15) is 5.78 Å². The van der Waals surface area contributed by atoms with Gasteiger partial charge in [-0.05, 0) is 11.1 Å². The number of benzene rings is 2. The molecule has 1 heterocycles. The van der Waals surface area contributed by atoms with Gasteiger partial charge in [-0.15, -0.1) is 0 Å². The first-order valence-electron chi connectivity index (χ1n) is 7.20. The molecule has 1 fully saturated rings. The van der Waals surface area contributed by atoms with E-state index in [1.165, 1.54) is 0 Å². The zero-order valence-electron chi connectivity index (χ0n) is 11.9. The number of carbonyl (C=O) groups is 1. The molecule has 0 saturated carbocycles. The van der Waals surface area contributed by atoms with Crippen LogP contribution in [0.5, 0.6) is 0 Å². The van der Waals surface area contributed by atoms with E-state index < -0.39 is 10.8 Å². The maximum Gasteiger partial charge on any atom is 0.138 e. The minimum absolute atomic E-state index is 0.187. The van der Waals surface area contributed by atoms with Crippen molar-refractivity contribution < 1.29 is 9.00 Å². The summed E-state index contributed by atoms with van der Waals surface area (Å²) >= 11 is 0. The number of carbonyl (C=O) groups excluding carboxylic acids is 1. The summed E-state index contributed by atoms with van der Waals surface area (Å²) < 4.78 is 13.0. The Balaban J connectivity index is 2.00. The molecule has 1 aliphatic rings. The van der Waals surface area contributed by atoms with Gasteiger partial charge >= 0.3 is 0 Å². The second kappa shape index (κ2) is 5.94. The Morgan fingerprint density at radius 1 is 0.905 bits per heavy atom. The van der Waals surface area contributed by atoms with Crippen molar-refractivity contribution in [3.8, 4) is 0 Å². The number of Topliss-reactive ketones (excluding diaryl/α,β-unsaturated/α-hetero) is 1. The molecule has 3 rings (SSSR count). The fourth-order valence-electron chi connectivity index (χ4n) is 2.98. The predicted octanol–water partition coefficient (Wildman–Crippen LogP) is 3.83. The molecule has 0 aliphatic carbocycles. The van der Waals surface area contributed by atoms with E-state index in [0.717, 1.165) is 11.1 Å². The largest absolute Gasteiger partial charge is 0.299 e. The number of hydrogen-bond donors (Lipinski definition) is 0. The summed E-state index contributed by atoms with van der Waals surface area (Å²) in [6.07, 6.45) is 0.376. The standard InChI is InChI=1S/C18H18O2S/c1-13-16(19)12-17(14-8-4-2-5-9-14)21(20)18(13)15-10-6-3-7-11-15/h2-11,13,17-18H,12H2,1H3. The van der Waals surface area contributed by atoms with Gasteiger partial charge in [-0.1, -0.05) is 67.6 Å². The Morgan fingerprint density at radius 2 is 1.43 bits per heavy atom. The summed E-state index contributed by atoms with van der Waals surface area (Å²) in [4.78, 5) is 12.4. The molecule has 4 unspecified atom stereocenters. The van der Waals surface area contributed by atoms with E-state index in [-0.39, 0.29) is 22.2 Å². The van der Waals surface area contributed by atoms with Gasteiger partial charge in [0, 0.05) is 23.1 Å². The third-order valence-electron chi connectivity index (χ3n) is 4.18. The summed E-state index contributed by atoms with van der Waals surface area (Å²) in [5, 5.41) is -0.405. The number of ketones is 1. The lowest BCUT2D eigenvalue weighted by molar-refractivity contribution is -0.122. The smallest absolute Gasteiger partial charge is 0.138 e. The molecule has 0 amide bonds. The summed E-state index contributed by atoms with van der Waals surface area (Å²) in [5.41, 5.74) is 1.99. The minimum atomic E-state index is -1.09. The lowest BCUT2D eigenvalue weighted by Crippen LogP contribution is -2.33. The molecule has 2 nitrogen and oxygen atoms in total. The van der Waals surface area contributed by atoms with Crippen LogP contribution in [0.1, 0.15) is 35.0 Å². The van der Waals surface area contributed by atoms with Crippen LogP contribution in [0, 0.1) is 5.92 Å². The Bertz CT molecular complexity index is 651. The van der Waals surface area contributed by atoms with Crippen LogP contribution >= 0.6 is 0 Å². The average molecular weight is 298 g/mol. The molecule has 1 aliphatic heterocycles. The quantitative estimate of drug-likeness (QED) is 0.844. The molecule has 21 heavy (non-hydrogen) atoms. The normalized spacial score (nSPS) is 29.3. The molecule has 0 radical (unpaired) electrons. The van der Waals surface area contributed by atoms with Crippen LogP contribution in [0.2, 0.25) is 0 Å². The lowest BCUT2D eigenvalue weighted by Gasteiger charge is -2.33. The van der Waals surface area contributed by atoms with Gasteiger partial charge in [0.2, 0.25) is 0 Å². The molecule has 0 spiro atoms. The van der Waals surface area contributed by atoms with Gasteiger partial charge in [0.05, 0.1) is 10.5 Å². The van der Waals surface area contributed by atoms with Crippen LogP contribution in [0.15, 0.2) is 60.7 Å². The van der Waals surface area contributed by atoms with Crippen molar-refractivity contribution in [1.82, 2.24) is 0 Å². The number of rotatable bonds is 2. The highest BCUT2D eigenvalue weighted by Gasteiger charge is 2.41. The van der Waals surface area contributed by atoms with Crippen molar-refractivity contribution in [2.45, 2.75) is 23.8 Å². The molecule has 0 N–H and O–H groups in total. The highest BCUT2D eigenvalue weighted by atomic mass is 32.2. The molecule has 2 aromatic carbocycles. The Hall–Kier alpha value is -1.74. The van der Waals surface area contributed by atoms with Crippen molar-refractivity contribution in [2.75, 3.05) is 0 Å². The fourth-order valence-corrected chi connectivity index (χ4v) is 5.07. The first-order chi connectivity index (χ1) is 10.2. The van der Waals surface area contributed by atoms with Gasteiger partial charge in [0.25, 0.3) is 0 Å². The molecule has 2 aromatic rings. The molecule has 1 saturated heterocycles. The molecule has 3 heteroatoms. The van der Waals surface area contributed by atoms with Crippen molar-refractivity contribution in [1.29, 1.82) is 0 Å². The fraction of sp³-hybridized carbons (Fsp3) is 0.278. The van der Waals surface area contributed by atoms with Gasteiger partial charge in [-0.25, -0.2) is 0 Å². The van der Waals surface area contributed by atoms with Gasteiger partial charge in [-0.2, -0.15) is 0 Å². The first kappa shape index (κ1) is 14.2. The summed E-state index contributed by atoms with van der Waals surface area (Å²) in [5.74, 6) is 0.0190. The van der Waals surface area contributed by atoms with E-state index in [4.69, 9.17) is 0 Å². The van der Waals surface area contributed by atoms with Gasteiger partial charge in [-0.3, -0.25) is 9.00 Å². The molecule has 108 valence electrons. The molecule has 4 atom stereocenters. The van der Waals surface area contributed by atoms with Gasteiger partial charge < -0.3 is 0 Å². The second-order valence-corrected chi connectivity index (χ2v) is 7.25. The van der Waals surface area contributed by atoms with Crippen LogP contribution in [0.3, 0.4) is 0 Å². The topological polar surface area (TPSA) is 34.1 Å². The van der Waals surface area contributed by atoms with E-state index >= 15 is 0 Å². The summed E-state index contributed by atoms with van der Waals surface area (Å²) in [6.45, 7) is 1.90. The van der Waals surface area contributed by atoms with E-state index in [1.54, 1.807) is 0 Å². The summed E-state index contributed by atoms with van der Waals surface area (Å²) in [6, 6.07) is 19.5. The van der Waals surface area contributed by atoms with Crippen molar-refractivity contribution in [2.24, 2.45) is 5.92 Å². The van der Waals surface area contributed by atoms with Crippen molar-refractivity contribution in [3.05, 3.63) is 71.8 Å². The number of hydrogen-bond acceptors (Lipinski definition) is 2. The molecule has 0 bridgehead atoms. The average Bonchev–Trinajstić information content (AvgIpc) is 2.53. The Morgan fingerprint density at radius 3 is 2.00 bits per heavy atom. The SMILES string of the molecule is CC1C(=O)CC(c2ccccc2)S(=O)C1c1ccccc1. The highest BCUT2D eigenvalue weighted by Crippen LogP contribution is 2.43. The van der Waals surface area contributed by atoms with E-state index in [1.807, 2.05) is 67.6 Å². The third kappa shape index (κ3) is 2.70. The van der Waals surface area contributed by atoms with Crippen LogP contribution in [-0.2, 0) is 15.6 Å². The predicted molar refractivity (Wildman–Crippen MR) is 85.3 cm³/mol. The second-order valence-electron chi connectivity index (χ2n) is 5.52. The molecular formula is C18H18O2S. The van der Waals surface area contributed by atoms with Crippen molar-refractivity contribution >= 4 is 16.6 Å². The first-order valence-corrected chi connectivity index (χ1v) is 8.48. The maximum absolute atomic E-state index is 13.0. The zero-order valence-corrected chi connectivity index (χ0v) is 12.8. The lowest BCUT2D eigenvalue weighted by atomic mass is 9.92. The minimum Gasteiger partial charge on any atom is -0.299 e. The monoisotopic (exact) mass is 298 g/mol.